The van der Waals surface area contributed by atoms with E-state index < -0.39 is 0 Å². The number of hydrogen-bond acceptors (Lipinski definition) is 4. The van der Waals surface area contributed by atoms with E-state index >= 15 is 0 Å². The summed E-state index contributed by atoms with van der Waals surface area (Å²) in [5.41, 5.74) is 1.01. The van der Waals surface area contributed by atoms with Crippen molar-refractivity contribution in [3.8, 4) is 0 Å². The molecular weight excluding hydrogens is 266 g/mol. The normalized spacial score (nSPS) is 18.7. The summed E-state index contributed by atoms with van der Waals surface area (Å²) in [6, 6.07) is 0. The van der Waals surface area contributed by atoms with Crippen molar-refractivity contribution < 1.29 is 0 Å². The van der Waals surface area contributed by atoms with Crippen molar-refractivity contribution in [3.63, 3.8) is 0 Å². The molecule has 18 heavy (non-hydrogen) atoms. The first-order chi connectivity index (χ1) is 8.67. The smallest absolute Gasteiger partial charge is 0.107 e. The second-order valence-corrected chi connectivity index (χ2v) is 6.56. The van der Waals surface area contributed by atoms with Crippen LogP contribution in [0.2, 0.25) is 0 Å². The monoisotopic (exact) mass is 287 g/mol. The summed E-state index contributed by atoms with van der Waals surface area (Å²) < 4.78 is 0. The van der Waals surface area contributed by atoms with Crippen molar-refractivity contribution in [3.05, 3.63) is 16.1 Å². The van der Waals surface area contributed by atoms with Crippen LogP contribution in [0.25, 0.3) is 0 Å². The molecule has 0 radical (unpaired) electrons. The number of aromatic nitrogens is 1. The van der Waals surface area contributed by atoms with E-state index in [2.05, 4.69) is 34.3 Å². The average molecular weight is 288 g/mol. The van der Waals surface area contributed by atoms with Crippen LogP contribution in [0.3, 0.4) is 0 Å². The molecule has 0 aromatic carbocycles. The Morgan fingerprint density at radius 2 is 2.17 bits per heavy atom. The number of hydrogen-bond donors (Lipinski definition) is 0. The van der Waals surface area contributed by atoms with E-state index in [1.807, 2.05) is 0 Å². The van der Waals surface area contributed by atoms with E-state index in [0.29, 0.717) is 5.88 Å². The van der Waals surface area contributed by atoms with Crippen LogP contribution in [0.15, 0.2) is 5.38 Å². The minimum Gasteiger partial charge on any atom is -0.309 e. The quantitative estimate of drug-likeness (QED) is 0.776. The average Bonchev–Trinajstić information content (AvgIpc) is 2.79. The Kier molecular flexibility index (Phi) is 5.42. The van der Waals surface area contributed by atoms with Gasteiger partial charge in [-0.15, -0.1) is 22.9 Å². The highest BCUT2D eigenvalue weighted by molar-refractivity contribution is 7.09. The van der Waals surface area contributed by atoms with Crippen molar-refractivity contribution in [2.75, 3.05) is 33.7 Å². The fourth-order valence-corrected chi connectivity index (χ4v) is 3.58. The van der Waals surface area contributed by atoms with Crippen LogP contribution in [-0.4, -0.2) is 48.5 Å². The molecule has 1 aromatic heterocycles. The van der Waals surface area contributed by atoms with E-state index in [1.165, 1.54) is 37.5 Å². The van der Waals surface area contributed by atoms with E-state index in [-0.39, 0.29) is 0 Å². The zero-order chi connectivity index (χ0) is 13.0. The summed E-state index contributed by atoms with van der Waals surface area (Å²) in [7, 11) is 4.32. The number of rotatable bonds is 5. The van der Waals surface area contributed by atoms with Gasteiger partial charge >= 0.3 is 0 Å². The molecule has 0 N–H and O–H groups in total. The maximum atomic E-state index is 5.78. The van der Waals surface area contributed by atoms with E-state index in [4.69, 9.17) is 11.6 Å². The third-order valence-corrected chi connectivity index (χ3v) is 4.58. The molecule has 1 aliphatic heterocycles. The molecule has 5 heteroatoms. The van der Waals surface area contributed by atoms with Crippen molar-refractivity contribution in [1.29, 1.82) is 0 Å². The summed E-state index contributed by atoms with van der Waals surface area (Å²) in [6.45, 7) is 4.63. The summed E-state index contributed by atoms with van der Waals surface area (Å²) in [5.74, 6) is 1.40. The van der Waals surface area contributed by atoms with Gasteiger partial charge in [-0.05, 0) is 45.9 Å². The lowest BCUT2D eigenvalue weighted by Gasteiger charge is -2.32. The first kappa shape index (κ1) is 14.3. The lowest BCUT2D eigenvalue weighted by molar-refractivity contribution is 0.156. The van der Waals surface area contributed by atoms with E-state index in [0.717, 1.165) is 18.2 Å². The summed E-state index contributed by atoms with van der Waals surface area (Å²) >= 11 is 7.51. The molecule has 1 saturated heterocycles. The molecule has 1 aliphatic rings. The van der Waals surface area contributed by atoms with Crippen LogP contribution in [0.5, 0.6) is 0 Å². The highest BCUT2D eigenvalue weighted by atomic mass is 35.5. The second kappa shape index (κ2) is 6.85. The van der Waals surface area contributed by atoms with Gasteiger partial charge in [-0.3, -0.25) is 4.90 Å². The molecule has 0 saturated carbocycles. The molecule has 0 bridgehead atoms. The van der Waals surface area contributed by atoms with Gasteiger partial charge in [0.1, 0.15) is 5.01 Å². The summed E-state index contributed by atoms with van der Waals surface area (Å²) in [6.07, 6.45) is 2.62. The number of nitrogens with zero attached hydrogens (tertiary/aromatic N) is 3. The largest absolute Gasteiger partial charge is 0.309 e. The fraction of sp³-hybridized carbons (Fsp3) is 0.769. The Morgan fingerprint density at radius 3 is 2.72 bits per heavy atom. The van der Waals surface area contributed by atoms with Gasteiger partial charge in [0.2, 0.25) is 0 Å². The maximum Gasteiger partial charge on any atom is 0.107 e. The number of piperidine rings is 1. The molecule has 0 aliphatic carbocycles. The molecule has 0 atom stereocenters. The molecule has 102 valence electrons. The van der Waals surface area contributed by atoms with E-state index in [1.54, 1.807) is 11.3 Å². The van der Waals surface area contributed by atoms with Gasteiger partial charge in [0.05, 0.1) is 18.1 Å². The van der Waals surface area contributed by atoms with Crippen LogP contribution < -0.4 is 0 Å². The van der Waals surface area contributed by atoms with Gasteiger partial charge in [0, 0.05) is 11.9 Å². The van der Waals surface area contributed by atoms with Crippen LogP contribution in [0.1, 0.15) is 23.5 Å². The zero-order valence-electron chi connectivity index (χ0n) is 11.2. The second-order valence-electron chi connectivity index (χ2n) is 5.35. The highest BCUT2D eigenvalue weighted by Gasteiger charge is 2.20. The van der Waals surface area contributed by atoms with Crippen molar-refractivity contribution in [1.82, 2.24) is 14.8 Å². The molecule has 1 aromatic rings. The van der Waals surface area contributed by atoms with Gasteiger partial charge in [0.15, 0.2) is 0 Å². The molecule has 1 fully saturated rings. The Hall–Kier alpha value is -0.160. The molecule has 0 spiro atoms. The Labute approximate surface area is 119 Å². The van der Waals surface area contributed by atoms with Gasteiger partial charge in [-0.2, -0.15) is 0 Å². The van der Waals surface area contributed by atoms with Gasteiger partial charge in [-0.1, -0.05) is 0 Å². The number of alkyl halides is 1. The van der Waals surface area contributed by atoms with Gasteiger partial charge in [-0.25, -0.2) is 4.98 Å². The predicted molar refractivity (Wildman–Crippen MR) is 78.2 cm³/mol. The standard InChI is InChI=1S/C13H22ClN3S/c1-16(2)8-11-3-5-17(6-4-11)9-13-15-12(7-14)10-18-13/h10-11H,3-9H2,1-2H3. The topological polar surface area (TPSA) is 19.4 Å². The van der Waals surface area contributed by atoms with Crippen LogP contribution in [0, 0.1) is 5.92 Å². The fourth-order valence-electron chi connectivity index (χ4n) is 2.52. The molecule has 3 nitrogen and oxygen atoms in total. The van der Waals surface area contributed by atoms with Crippen molar-refractivity contribution in [2.45, 2.75) is 25.3 Å². The number of thiazole rings is 1. The molecule has 2 rings (SSSR count). The summed E-state index contributed by atoms with van der Waals surface area (Å²) in [5, 5.41) is 3.28. The lowest BCUT2D eigenvalue weighted by atomic mass is 9.96. The van der Waals surface area contributed by atoms with Crippen molar-refractivity contribution >= 4 is 22.9 Å². The van der Waals surface area contributed by atoms with Crippen LogP contribution in [0.4, 0.5) is 0 Å². The first-order valence-electron chi connectivity index (χ1n) is 6.53. The molecule has 2 heterocycles. The molecule has 0 amide bonds. The zero-order valence-corrected chi connectivity index (χ0v) is 12.8. The maximum absolute atomic E-state index is 5.78. The third-order valence-electron chi connectivity index (χ3n) is 3.43. The molecular formula is C13H22ClN3S. The minimum absolute atomic E-state index is 0.529. The first-order valence-corrected chi connectivity index (χ1v) is 7.95. The highest BCUT2D eigenvalue weighted by Crippen LogP contribution is 2.21. The molecule has 0 unspecified atom stereocenters. The third kappa shape index (κ3) is 4.19. The van der Waals surface area contributed by atoms with Gasteiger partial charge in [0.25, 0.3) is 0 Å². The minimum atomic E-state index is 0.529. The van der Waals surface area contributed by atoms with Gasteiger partial charge < -0.3 is 4.90 Å². The Morgan fingerprint density at radius 1 is 1.44 bits per heavy atom. The predicted octanol–water partition coefficient (Wildman–Crippen LogP) is 2.66. The Balaban J connectivity index is 1.76. The van der Waals surface area contributed by atoms with E-state index in [9.17, 15) is 0 Å². The lowest BCUT2D eigenvalue weighted by Crippen LogP contribution is -2.36. The van der Waals surface area contributed by atoms with Crippen LogP contribution >= 0.6 is 22.9 Å². The number of likely N-dealkylation sites (tertiary alicyclic amines) is 1. The van der Waals surface area contributed by atoms with Crippen molar-refractivity contribution in [2.24, 2.45) is 5.92 Å². The Bertz CT molecular complexity index is 359. The number of halogens is 1. The summed E-state index contributed by atoms with van der Waals surface area (Å²) in [4.78, 5) is 9.34. The van der Waals surface area contributed by atoms with Crippen LogP contribution in [-0.2, 0) is 12.4 Å². The SMILES string of the molecule is CN(C)CC1CCN(Cc2nc(CCl)cs2)CC1.